The predicted octanol–water partition coefficient (Wildman–Crippen LogP) is 2.01. The number of likely N-dealkylation sites (tertiary alicyclic amines) is 1. The molecule has 0 aliphatic carbocycles. The van der Waals surface area contributed by atoms with Gasteiger partial charge in [0.15, 0.2) is 0 Å². The summed E-state index contributed by atoms with van der Waals surface area (Å²) in [6, 6.07) is 0. The molecular weight excluding hydrogens is 256 g/mol. The number of hydrogen-bond donors (Lipinski definition) is 1. The highest BCUT2D eigenvalue weighted by Crippen LogP contribution is 2.27. The van der Waals surface area contributed by atoms with Gasteiger partial charge in [0.05, 0.1) is 11.7 Å². The molecule has 0 aromatic carbocycles. The molecule has 2 atom stereocenters. The molecule has 2 heterocycles. The molecule has 20 heavy (non-hydrogen) atoms. The van der Waals surface area contributed by atoms with Gasteiger partial charge >= 0.3 is 6.09 Å². The van der Waals surface area contributed by atoms with Gasteiger partial charge in [0, 0.05) is 32.1 Å². The molecule has 0 radical (unpaired) electrons. The second-order valence-corrected chi connectivity index (χ2v) is 7.40. The third-order valence-corrected chi connectivity index (χ3v) is 3.91. The summed E-state index contributed by atoms with van der Waals surface area (Å²) < 4.78 is 11.6. The van der Waals surface area contributed by atoms with Crippen LogP contribution in [0.15, 0.2) is 0 Å². The smallest absolute Gasteiger partial charge is 0.410 e. The van der Waals surface area contributed by atoms with Crippen molar-refractivity contribution in [3.8, 4) is 0 Å². The first kappa shape index (κ1) is 15.6. The molecule has 2 aliphatic heterocycles. The van der Waals surface area contributed by atoms with Crippen molar-refractivity contribution in [2.24, 2.45) is 5.92 Å². The molecule has 1 N–H and O–H groups in total. The van der Waals surface area contributed by atoms with Crippen LogP contribution in [0.25, 0.3) is 0 Å². The van der Waals surface area contributed by atoms with E-state index < -0.39 is 5.60 Å². The first-order valence-corrected chi connectivity index (χ1v) is 7.55. The molecule has 2 unspecified atom stereocenters. The van der Waals surface area contributed by atoms with Crippen LogP contribution >= 0.6 is 0 Å². The van der Waals surface area contributed by atoms with Crippen molar-refractivity contribution in [3.63, 3.8) is 0 Å². The average molecular weight is 284 g/mol. The first-order chi connectivity index (χ1) is 9.19. The Kier molecular flexibility index (Phi) is 4.30. The number of hydrogen-bond acceptors (Lipinski definition) is 4. The van der Waals surface area contributed by atoms with Gasteiger partial charge in [-0.05, 0) is 34.1 Å². The van der Waals surface area contributed by atoms with Crippen molar-refractivity contribution in [2.75, 3.05) is 26.2 Å². The zero-order valence-corrected chi connectivity index (χ0v) is 13.4. The molecule has 2 saturated heterocycles. The Hall–Kier alpha value is -0.810. The lowest BCUT2D eigenvalue weighted by atomic mass is 9.93. The molecule has 0 bridgehead atoms. The summed E-state index contributed by atoms with van der Waals surface area (Å²) >= 11 is 0. The van der Waals surface area contributed by atoms with Crippen LogP contribution in [0, 0.1) is 5.92 Å². The fourth-order valence-electron chi connectivity index (χ4n) is 2.72. The summed E-state index contributed by atoms with van der Waals surface area (Å²) in [4.78, 5) is 13.9. The van der Waals surface area contributed by atoms with Crippen LogP contribution in [0.3, 0.4) is 0 Å². The quantitative estimate of drug-likeness (QED) is 0.843. The van der Waals surface area contributed by atoms with E-state index in [2.05, 4.69) is 19.2 Å². The van der Waals surface area contributed by atoms with Crippen molar-refractivity contribution in [1.82, 2.24) is 10.2 Å². The third-order valence-electron chi connectivity index (χ3n) is 3.91. The van der Waals surface area contributed by atoms with Crippen LogP contribution in [0.2, 0.25) is 0 Å². The zero-order valence-electron chi connectivity index (χ0n) is 13.4. The Morgan fingerprint density at radius 2 is 2.00 bits per heavy atom. The summed E-state index contributed by atoms with van der Waals surface area (Å²) in [6.07, 6.45) is 0.913. The highest BCUT2D eigenvalue weighted by Gasteiger charge is 2.39. The Balaban J connectivity index is 1.84. The van der Waals surface area contributed by atoms with Gasteiger partial charge in [-0.1, -0.05) is 6.92 Å². The molecule has 0 spiro atoms. The Morgan fingerprint density at radius 3 is 2.45 bits per heavy atom. The number of rotatable bonds is 2. The standard InChI is InChI=1S/C15H28N2O3/c1-11-8-17(13(18)20-14(2,3)4)7-6-12(11)19-15(5)9-16-10-15/h11-12,16H,6-10H2,1-5H3. The van der Waals surface area contributed by atoms with E-state index in [0.29, 0.717) is 19.0 Å². The fraction of sp³-hybridized carbons (Fsp3) is 0.933. The van der Waals surface area contributed by atoms with Crippen LogP contribution in [0.1, 0.15) is 41.0 Å². The van der Waals surface area contributed by atoms with E-state index >= 15 is 0 Å². The van der Waals surface area contributed by atoms with E-state index in [1.807, 2.05) is 20.8 Å². The highest BCUT2D eigenvalue weighted by molar-refractivity contribution is 5.68. The summed E-state index contributed by atoms with van der Waals surface area (Å²) in [5.41, 5.74) is -0.453. The molecule has 0 aromatic heterocycles. The van der Waals surface area contributed by atoms with E-state index in [9.17, 15) is 4.79 Å². The normalized spacial score (nSPS) is 29.8. The van der Waals surface area contributed by atoms with Gasteiger partial charge in [0.1, 0.15) is 5.60 Å². The second kappa shape index (κ2) is 5.53. The SMILES string of the molecule is CC1CN(C(=O)OC(C)(C)C)CCC1OC1(C)CNC1. The fourth-order valence-corrected chi connectivity index (χ4v) is 2.72. The number of piperidine rings is 1. The van der Waals surface area contributed by atoms with E-state index in [4.69, 9.17) is 9.47 Å². The Labute approximate surface area is 122 Å². The maximum Gasteiger partial charge on any atom is 0.410 e. The minimum atomic E-state index is -0.432. The molecule has 2 aliphatic rings. The van der Waals surface area contributed by atoms with Gasteiger partial charge in [-0.15, -0.1) is 0 Å². The van der Waals surface area contributed by atoms with Crippen LogP contribution in [0.4, 0.5) is 4.79 Å². The van der Waals surface area contributed by atoms with Gasteiger partial charge in [-0.3, -0.25) is 0 Å². The topological polar surface area (TPSA) is 50.8 Å². The van der Waals surface area contributed by atoms with E-state index in [1.165, 1.54) is 0 Å². The molecule has 0 aromatic rings. The Bertz CT molecular complexity index is 361. The number of amides is 1. The number of carbonyl (C=O) groups excluding carboxylic acids is 1. The van der Waals surface area contributed by atoms with E-state index in [1.54, 1.807) is 4.90 Å². The van der Waals surface area contributed by atoms with Crippen molar-refractivity contribution in [1.29, 1.82) is 0 Å². The highest BCUT2D eigenvalue weighted by atomic mass is 16.6. The van der Waals surface area contributed by atoms with E-state index in [0.717, 1.165) is 19.5 Å². The van der Waals surface area contributed by atoms with E-state index in [-0.39, 0.29) is 17.8 Å². The van der Waals surface area contributed by atoms with Gasteiger partial charge in [-0.2, -0.15) is 0 Å². The summed E-state index contributed by atoms with van der Waals surface area (Å²) in [5.74, 6) is 0.341. The molecule has 5 nitrogen and oxygen atoms in total. The van der Waals surface area contributed by atoms with Crippen LogP contribution in [0.5, 0.6) is 0 Å². The molecule has 2 fully saturated rings. The van der Waals surface area contributed by atoms with Gasteiger partial charge in [0.2, 0.25) is 0 Å². The van der Waals surface area contributed by atoms with Gasteiger partial charge < -0.3 is 19.7 Å². The van der Waals surface area contributed by atoms with Crippen molar-refractivity contribution >= 4 is 6.09 Å². The lowest BCUT2D eigenvalue weighted by Crippen LogP contribution is -2.61. The molecule has 1 amide bonds. The molecule has 0 saturated carbocycles. The number of ether oxygens (including phenoxy) is 2. The lowest BCUT2D eigenvalue weighted by Gasteiger charge is -2.46. The molecule has 2 rings (SSSR count). The van der Waals surface area contributed by atoms with Crippen molar-refractivity contribution in [3.05, 3.63) is 0 Å². The third kappa shape index (κ3) is 3.85. The molecule has 5 heteroatoms. The van der Waals surface area contributed by atoms with Gasteiger partial charge in [-0.25, -0.2) is 4.79 Å². The summed E-state index contributed by atoms with van der Waals surface area (Å²) in [5, 5.41) is 3.25. The number of nitrogens with zero attached hydrogens (tertiary/aromatic N) is 1. The lowest BCUT2D eigenvalue weighted by molar-refractivity contribution is -0.142. The average Bonchev–Trinajstić information content (AvgIpc) is 2.27. The minimum absolute atomic E-state index is 0.0208. The number of carbonyl (C=O) groups is 1. The van der Waals surface area contributed by atoms with Crippen molar-refractivity contribution in [2.45, 2.75) is 58.3 Å². The van der Waals surface area contributed by atoms with Gasteiger partial charge in [0.25, 0.3) is 0 Å². The first-order valence-electron chi connectivity index (χ1n) is 7.55. The predicted molar refractivity (Wildman–Crippen MR) is 77.7 cm³/mol. The minimum Gasteiger partial charge on any atom is -0.444 e. The van der Waals surface area contributed by atoms with Crippen LogP contribution in [-0.2, 0) is 9.47 Å². The van der Waals surface area contributed by atoms with Crippen LogP contribution in [-0.4, -0.2) is 54.5 Å². The summed E-state index contributed by atoms with van der Waals surface area (Å²) in [6.45, 7) is 13.3. The molecular formula is C15H28N2O3. The molecule has 116 valence electrons. The summed E-state index contributed by atoms with van der Waals surface area (Å²) in [7, 11) is 0. The van der Waals surface area contributed by atoms with Crippen molar-refractivity contribution < 1.29 is 14.3 Å². The second-order valence-electron chi connectivity index (χ2n) is 7.40. The Morgan fingerprint density at radius 1 is 1.35 bits per heavy atom. The zero-order chi connectivity index (χ0) is 15.0. The number of nitrogens with one attached hydrogen (secondary N) is 1. The largest absolute Gasteiger partial charge is 0.444 e. The maximum atomic E-state index is 12.1. The van der Waals surface area contributed by atoms with Crippen LogP contribution < -0.4 is 5.32 Å². The monoisotopic (exact) mass is 284 g/mol. The maximum absolute atomic E-state index is 12.1.